The van der Waals surface area contributed by atoms with E-state index in [1.54, 1.807) is 7.11 Å². The maximum atomic E-state index is 13.4. The summed E-state index contributed by atoms with van der Waals surface area (Å²) in [6.45, 7) is 8.32. The number of carbonyl (C=O) groups is 1. The lowest BCUT2D eigenvalue weighted by Crippen LogP contribution is -2.28. The van der Waals surface area contributed by atoms with Gasteiger partial charge in [-0.15, -0.1) is 11.3 Å². The van der Waals surface area contributed by atoms with Gasteiger partial charge in [-0.25, -0.2) is 4.98 Å². The summed E-state index contributed by atoms with van der Waals surface area (Å²) in [6, 6.07) is 13.7. The van der Waals surface area contributed by atoms with Crippen molar-refractivity contribution in [3.63, 3.8) is 0 Å². The Bertz CT molecular complexity index is 1360. The zero-order chi connectivity index (χ0) is 24.4. The zero-order valence-electron chi connectivity index (χ0n) is 20.1. The molecule has 0 saturated carbocycles. The van der Waals surface area contributed by atoms with Crippen LogP contribution in [0.3, 0.4) is 0 Å². The minimum Gasteiger partial charge on any atom is -0.497 e. The molecule has 2 aromatic carbocycles. The SMILES string of the molecule is COc1ccc(-c2csc3ncn(CC(=O)Nc4c(C(C)C)cccc4C(C)C)c(=O)c23)cc1. The van der Waals surface area contributed by atoms with Crippen molar-refractivity contribution in [3.05, 3.63) is 75.7 Å². The van der Waals surface area contributed by atoms with E-state index in [1.165, 1.54) is 22.2 Å². The molecule has 0 aliphatic rings. The molecular formula is C27H29N3O3S. The first-order valence-corrected chi connectivity index (χ1v) is 12.2. The third-order valence-corrected chi connectivity index (χ3v) is 6.80. The Morgan fingerprint density at radius 2 is 1.71 bits per heavy atom. The van der Waals surface area contributed by atoms with E-state index in [4.69, 9.17) is 4.74 Å². The highest BCUT2D eigenvalue weighted by molar-refractivity contribution is 7.17. The van der Waals surface area contributed by atoms with E-state index >= 15 is 0 Å². The Kier molecular flexibility index (Phi) is 6.84. The summed E-state index contributed by atoms with van der Waals surface area (Å²) in [5, 5.41) is 5.53. The Balaban J connectivity index is 1.67. The molecule has 4 aromatic rings. The quantitative estimate of drug-likeness (QED) is 0.355. The van der Waals surface area contributed by atoms with Gasteiger partial charge < -0.3 is 10.1 Å². The molecule has 0 atom stereocenters. The van der Waals surface area contributed by atoms with Crippen LogP contribution in [-0.2, 0) is 11.3 Å². The monoisotopic (exact) mass is 475 g/mol. The lowest BCUT2D eigenvalue weighted by molar-refractivity contribution is -0.116. The first-order valence-electron chi connectivity index (χ1n) is 11.3. The number of ether oxygens (including phenoxy) is 1. The number of anilines is 1. The van der Waals surface area contributed by atoms with Crippen molar-refractivity contribution in [2.45, 2.75) is 46.1 Å². The summed E-state index contributed by atoms with van der Waals surface area (Å²) >= 11 is 1.42. The molecule has 0 fully saturated rings. The van der Waals surface area contributed by atoms with Crippen LogP contribution in [0.15, 0.2) is 59.0 Å². The number of amides is 1. The fourth-order valence-electron chi connectivity index (χ4n) is 4.09. The van der Waals surface area contributed by atoms with Gasteiger partial charge in [0.05, 0.1) is 18.8 Å². The van der Waals surface area contributed by atoms with Gasteiger partial charge in [-0.2, -0.15) is 0 Å². The molecule has 0 aliphatic carbocycles. The van der Waals surface area contributed by atoms with Crippen LogP contribution in [-0.4, -0.2) is 22.6 Å². The molecule has 0 saturated heterocycles. The molecular weight excluding hydrogens is 446 g/mol. The molecule has 2 heterocycles. The minimum atomic E-state index is -0.250. The molecule has 1 amide bonds. The number of hydrogen-bond acceptors (Lipinski definition) is 5. The number of rotatable bonds is 7. The van der Waals surface area contributed by atoms with Crippen molar-refractivity contribution < 1.29 is 9.53 Å². The van der Waals surface area contributed by atoms with E-state index in [2.05, 4.69) is 38.0 Å². The molecule has 0 bridgehead atoms. The summed E-state index contributed by atoms with van der Waals surface area (Å²) in [4.78, 5) is 31.5. The Morgan fingerprint density at radius 1 is 1.06 bits per heavy atom. The van der Waals surface area contributed by atoms with Gasteiger partial charge >= 0.3 is 0 Å². The molecule has 7 heteroatoms. The van der Waals surface area contributed by atoms with Crippen LogP contribution in [0.25, 0.3) is 21.3 Å². The van der Waals surface area contributed by atoms with Crippen molar-refractivity contribution in [1.29, 1.82) is 0 Å². The maximum absolute atomic E-state index is 13.4. The molecule has 34 heavy (non-hydrogen) atoms. The largest absolute Gasteiger partial charge is 0.497 e. The highest BCUT2D eigenvalue weighted by Crippen LogP contribution is 2.33. The smallest absolute Gasteiger partial charge is 0.263 e. The number of fused-ring (bicyclic) bond motifs is 1. The predicted octanol–water partition coefficient (Wildman–Crippen LogP) is 6.02. The molecule has 2 aromatic heterocycles. The summed E-state index contributed by atoms with van der Waals surface area (Å²) in [6.07, 6.45) is 1.45. The number of hydrogen-bond donors (Lipinski definition) is 1. The lowest BCUT2D eigenvalue weighted by atomic mass is 9.92. The summed E-state index contributed by atoms with van der Waals surface area (Å²) in [7, 11) is 1.62. The van der Waals surface area contributed by atoms with Crippen LogP contribution in [0.5, 0.6) is 5.75 Å². The van der Waals surface area contributed by atoms with E-state index < -0.39 is 0 Å². The summed E-state index contributed by atoms with van der Waals surface area (Å²) in [5.41, 5.74) is 4.49. The van der Waals surface area contributed by atoms with Crippen LogP contribution in [0.4, 0.5) is 5.69 Å². The number of thiophene rings is 1. The minimum absolute atomic E-state index is 0.108. The van der Waals surface area contributed by atoms with Gasteiger partial charge in [-0.05, 0) is 40.7 Å². The van der Waals surface area contributed by atoms with E-state index in [1.807, 2.05) is 47.8 Å². The third kappa shape index (κ3) is 4.61. The number of nitrogens with zero attached hydrogens (tertiary/aromatic N) is 2. The second kappa shape index (κ2) is 9.81. The van der Waals surface area contributed by atoms with Gasteiger partial charge in [-0.3, -0.25) is 14.2 Å². The Hall–Kier alpha value is -3.45. The van der Waals surface area contributed by atoms with Gasteiger partial charge in [-0.1, -0.05) is 58.0 Å². The van der Waals surface area contributed by atoms with Crippen LogP contribution in [0.2, 0.25) is 0 Å². The molecule has 0 aliphatic heterocycles. The zero-order valence-corrected chi connectivity index (χ0v) is 20.9. The van der Waals surface area contributed by atoms with E-state index in [0.717, 1.165) is 33.7 Å². The van der Waals surface area contributed by atoms with Gasteiger partial charge in [0, 0.05) is 16.6 Å². The lowest BCUT2D eigenvalue weighted by Gasteiger charge is -2.20. The average molecular weight is 476 g/mol. The maximum Gasteiger partial charge on any atom is 0.263 e. The van der Waals surface area contributed by atoms with E-state index in [0.29, 0.717) is 10.2 Å². The first-order chi connectivity index (χ1) is 16.3. The van der Waals surface area contributed by atoms with Crippen molar-refractivity contribution in [1.82, 2.24) is 9.55 Å². The topological polar surface area (TPSA) is 73.2 Å². The first kappa shape index (κ1) is 23.7. The van der Waals surface area contributed by atoms with Crippen molar-refractivity contribution in [2.75, 3.05) is 12.4 Å². The van der Waals surface area contributed by atoms with Crippen LogP contribution < -0.4 is 15.6 Å². The number of aromatic nitrogens is 2. The van der Waals surface area contributed by atoms with E-state index in [9.17, 15) is 9.59 Å². The fourth-order valence-corrected chi connectivity index (χ4v) is 5.00. The third-order valence-electron chi connectivity index (χ3n) is 5.91. The molecule has 4 rings (SSSR count). The highest BCUT2D eigenvalue weighted by atomic mass is 32.1. The predicted molar refractivity (Wildman–Crippen MR) is 139 cm³/mol. The molecule has 1 N–H and O–H groups in total. The van der Waals surface area contributed by atoms with Crippen molar-refractivity contribution >= 4 is 33.1 Å². The van der Waals surface area contributed by atoms with Crippen LogP contribution in [0.1, 0.15) is 50.7 Å². The standard InChI is InChI=1S/C27H29N3O3S/c1-16(2)20-7-6-8-21(17(3)4)25(20)29-23(31)13-30-15-28-26-24(27(30)32)22(14-34-26)18-9-11-19(33-5)12-10-18/h6-12,14-17H,13H2,1-5H3,(H,29,31). The molecule has 6 nitrogen and oxygen atoms in total. The molecule has 0 radical (unpaired) electrons. The second-order valence-corrected chi connectivity index (χ2v) is 9.76. The molecule has 0 unspecified atom stereocenters. The molecule has 176 valence electrons. The van der Waals surface area contributed by atoms with Crippen LogP contribution >= 0.6 is 11.3 Å². The van der Waals surface area contributed by atoms with Gasteiger partial charge in [0.2, 0.25) is 5.91 Å². The summed E-state index contributed by atoms with van der Waals surface area (Å²) in [5.74, 6) is 1.01. The highest BCUT2D eigenvalue weighted by Gasteiger charge is 2.18. The number of para-hydroxylation sites is 1. The number of benzene rings is 2. The normalized spacial score (nSPS) is 11.4. The van der Waals surface area contributed by atoms with Gasteiger partial charge in [0.15, 0.2) is 0 Å². The van der Waals surface area contributed by atoms with Crippen LogP contribution in [0, 0.1) is 0 Å². The summed E-state index contributed by atoms with van der Waals surface area (Å²) < 4.78 is 6.61. The fraction of sp³-hybridized carbons (Fsp3) is 0.296. The number of nitrogens with one attached hydrogen (secondary N) is 1. The van der Waals surface area contributed by atoms with Crippen molar-refractivity contribution in [2.24, 2.45) is 0 Å². The van der Waals surface area contributed by atoms with Crippen molar-refractivity contribution in [3.8, 4) is 16.9 Å². The number of carbonyl (C=O) groups excluding carboxylic acids is 1. The Labute approximate surface area is 203 Å². The number of methoxy groups -OCH3 is 1. The average Bonchev–Trinajstić information content (AvgIpc) is 3.25. The molecule has 0 spiro atoms. The van der Waals surface area contributed by atoms with E-state index in [-0.39, 0.29) is 29.8 Å². The van der Waals surface area contributed by atoms with Gasteiger partial charge in [0.1, 0.15) is 17.1 Å². The second-order valence-electron chi connectivity index (χ2n) is 8.90. The van der Waals surface area contributed by atoms with Gasteiger partial charge in [0.25, 0.3) is 5.56 Å². The Morgan fingerprint density at radius 3 is 2.29 bits per heavy atom.